The lowest BCUT2D eigenvalue weighted by Gasteiger charge is -2.23. The molecule has 0 saturated heterocycles. The molecule has 0 aliphatic rings. The number of rotatable bonds is 5. The Hall–Kier alpha value is -3.48. The van der Waals surface area contributed by atoms with E-state index in [2.05, 4.69) is 47.6 Å². The number of hydrogen-bond acceptors (Lipinski definition) is 5. The Bertz CT molecular complexity index is 1210. The van der Waals surface area contributed by atoms with Gasteiger partial charge in [-0.25, -0.2) is 0 Å². The maximum absolute atomic E-state index is 12.4. The molecule has 7 nitrogen and oxygen atoms in total. The van der Waals surface area contributed by atoms with Gasteiger partial charge in [-0.05, 0) is 59.7 Å². The smallest absolute Gasteiger partial charge is 0.220 e. The fourth-order valence-electron chi connectivity index (χ4n) is 3.56. The molecule has 2 heterocycles. The molecule has 2 aromatic heterocycles. The van der Waals surface area contributed by atoms with E-state index in [4.69, 9.17) is 4.74 Å². The highest BCUT2D eigenvalue weighted by molar-refractivity contribution is 5.84. The van der Waals surface area contributed by atoms with E-state index in [1.54, 1.807) is 23.4 Å². The molecule has 2 aromatic carbocycles. The summed E-state index contributed by atoms with van der Waals surface area (Å²) in [4.78, 5) is 14.2. The molecular weight excluding hydrogens is 366 g/mol. The molecule has 0 N–H and O–H groups in total. The lowest BCUT2D eigenvalue weighted by Crippen LogP contribution is -2.28. The average molecular weight is 389 g/mol. The topological polar surface area (TPSA) is 72.6 Å². The number of amides is 1. The second-order valence-electron chi connectivity index (χ2n) is 7.27. The predicted octanol–water partition coefficient (Wildman–Crippen LogP) is 3.45. The van der Waals surface area contributed by atoms with Crippen LogP contribution in [0.4, 0.5) is 0 Å². The van der Waals surface area contributed by atoms with E-state index in [0.717, 1.165) is 27.8 Å². The van der Waals surface area contributed by atoms with Crippen molar-refractivity contribution in [1.82, 2.24) is 24.9 Å². The van der Waals surface area contributed by atoms with Crippen molar-refractivity contribution in [2.75, 3.05) is 7.11 Å². The number of para-hydroxylation sites is 1. The molecular formula is C22H23N5O2. The fourth-order valence-corrected chi connectivity index (χ4v) is 3.56. The maximum Gasteiger partial charge on any atom is 0.220 e. The Kier molecular flexibility index (Phi) is 4.88. The number of carbonyl (C=O) groups is 1. The molecule has 148 valence electrons. The van der Waals surface area contributed by atoms with Gasteiger partial charge < -0.3 is 9.64 Å². The second-order valence-corrected chi connectivity index (χ2v) is 7.27. The van der Waals surface area contributed by atoms with Crippen molar-refractivity contribution in [3.63, 3.8) is 0 Å². The predicted molar refractivity (Wildman–Crippen MR) is 111 cm³/mol. The minimum absolute atomic E-state index is 0.0262. The van der Waals surface area contributed by atoms with Crippen LogP contribution in [-0.4, -0.2) is 38.0 Å². The maximum atomic E-state index is 12.4. The Morgan fingerprint density at radius 2 is 1.79 bits per heavy atom. The van der Waals surface area contributed by atoms with Gasteiger partial charge in [0, 0.05) is 36.5 Å². The average Bonchev–Trinajstić information content (AvgIpc) is 3.19. The van der Waals surface area contributed by atoms with Gasteiger partial charge in [-0.2, -0.15) is 4.52 Å². The molecule has 0 unspecified atom stereocenters. The van der Waals surface area contributed by atoms with Gasteiger partial charge in [0.05, 0.1) is 12.6 Å². The van der Waals surface area contributed by atoms with Gasteiger partial charge in [-0.3, -0.25) is 4.79 Å². The van der Waals surface area contributed by atoms with Crippen molar-refractivity contribution in [3.8, 4) is 5.75 Å². The van der Waals surface area contributed by atoms with Crippen molar-refractivity contribution in [3.05, 3.63) is 64.7 Å². The third kappa shape index (κ3) is 3.51. The van der Waals surface area contributed by atoms with Crippen LogP contribution < -0.4 is 4.74 Å². The Morgan fingerprint density at radius 1 is 1.07 bits per heavy atom. The molecule has 0 fully saturated rings. The van der Waals surface area contributed by atoms with Crippen LogP contribution >= 0.6 is 0 Å². The number of aryl methyl sites for hydroxylation is 2. The molecule has 29 heavy (non-hydrogen) atoms. The minimum atomic E-state index is -0.0262. The summed E-state index contributed by atoms with van der Waals surface area (Å²) in [5.74, 6) is 0.736. The molecule has 7 heteroatoms. The molecule has 0 aliphatic carbocycles. The van der Waals surface area contributed by atoms with Crippen molar-refractivity contribution < 1.29 is 9.53 Å². The van der Waals surface area contributed by atoms with Crippen LogP contribution in [0.15, 0.2) is 42.5 Å². The standard InChI is InChI=1S/C22H23N5O2/c1-14-9-18-11-19(22-23-24-25-27(22)20(18)10-15(14)2)13-26(16(3)28)12-17-7-5-6-8-21(17)29-4/h5-11H,12-13H2,1-4H3. The molecule has 4 aromatic rings. The monoisotopic (exact) mass is 389 g/mol. The number of tetrazole rings is 1. The third-order valence-electron chi connectivity index (χ3n) is 5.32. The quantitative estimate of drug-likeness (QED) is 0.523. The zero-order chi connectivity index (χ0) is 20.5. The largest absolute Gasteiger partial charge is 0.496 e. The Morgan fingerprint density at radius 3 is 2.55 bits per heavy atom. The first kappa shape index (κ1) is 18.9. The molecule has 0 aliphatic heterocycles. The SMILES string of the molecule is COc1ccccc1CN(Cc1cc2cc(C)c(C)cc2n2nnnc12)C(C)=O. The molecule has 0 atom stereocenters. The summed E-state index contributed by atoms with van der Waals surface area (Å²) >= 11 is 0. The van der Waals surface area contributed by atoms with Gasteiger partial charge in [0.15, 0.2) is 5.65 Å². The van der Waals surface area contributed by atoms with Crippen LogP contribution in [0.5, 0.6) is 5.75 Å². The van der Waals surface area contributed by atoms with Crippen molar-refractivity contribution >= 4 is 22.5 Å². The highest BCUT2D eigenvalue weighted by atomic mass is 16.5. The number of fused-ring (bicyclic) bond motifs is 3. The number of carbonyl (C=O) groups excluding carboxylic acids is 1. The normalized spacial score (nSPS) is 11.2. The number of nitrogens with zero attached hydrogens (tertiary/aromatic N) is 5. The number of hydrogen-bond donors (Lipinski definition) is 0. The highest BCUT2D eigenvalue weighted by Crippen LogP contribution is 2.25. The Labute approximate surface area is 168 Å². The van der Waals surface area contributed by atoms with Crippen LogP contribution in [0, 0.1) is 13.8 Å². The summed E-state index contributed by atoms with van der Waals surface area (Å²) in [6, 6.07) is 14.0. The first-order valence-electron chi connectivity index (χ1n) is 9.46. The van der Waals surface area contributed by atoms with E-state index in [0.29, 0.717) is 18.7 Å². The summed E-state index contributed by atoms with van der Waals surface area (Å²) in [5.41, 5.74) is 5.85. The number of benzene rings is 2. The van der Waals surface area contributed by atoms with Crippen molar-refractivity contribution in [2.45, 2.75) is 33.9 Å². The van der Waals surface area contributed by atoms with E-state index in [9.17, 15) is 4.79 Å². The van der Waals surface area contributed by atoms with E-state index in [1.165, 1.54) is 11.1 Å². The van der Waals surface area contributed by atoms with E-state index >= 15 is 0 Å². The molecule has 0 bridgehead atoms. The summed E-state index contributed by atoms with van der Waals surface area (Å²) < 4.78 is 7.19. The second kappa shape index (κ2) is 7.50. The molecule has 0 spiro atoms. The number of aromatic nitrogens is 4. The Balaban J connectivity index is 1.77. The van der Waals surface area contributed by atoms with E-state index < -0.39 is 0 Å². The number of pyridine rings is 1. The van der Waals surface area contributed by atoms with Gasteiger partial charge >= 0.3 is 0 Å². The summed E-state index contributed by atoms with van der Waals surface area (Å²) in [6.45, 7) is 6.58. The first-order chi connectivity index (χ1) is 14.0. The first-order valence-corrected chi connectivity index (χ1v) is 9.46. The van der Waals surface area contributed by atoms with Gasteiger partial charge in [0.25, 0.3) is 0 Å². The molecule has 1 amide bonds. The van der Waals surface area contributed by atoms with E-state index in [1.807, 2.05) is 24.3 Å². The van der Waals surface area contributed by atoms with E-state index in [-0.39, 0.29) is 5.91 Å². The van der Waals surface area contributed by atoms with Crippen LogP contribution in [0.2, 0.25) is 0 Å². The molecule has 0 radical (unpaired) electrons. The zero-order valence-corrected chi connectivity index (χ0v) is 17.0. The summed E-state index contributed by atoms with van der Waals surface area (Å²) in [7, 11) is 1.63. The fraction of sp³-hybridized carbons (Fsp3) is 0.273. The summed E-state index contributed by atoms with van der Waals surface area (Å²) in [5, 5.41) is 13.3. The van der Waals surface area contributed by atoms with Crippen LogP contribution in [0.3, 0.4) is 0 Å². The van der Waals surface area contributed by atoms with Gasteiger partial charge in [-0.1, -0.05) is 18.2 Å². The lowest BCUT2D eigenvalue weighted by molar-refractivity contribution is -0.130. The lowest BCUT2D eigenvalue weighted by atomic mass is 10.0. The van der Waals surface area contributed by atoms with Gasteiger partial charge in [-0.15, -0.1) is 5.10 Å². The van der Waals surface area contributed by atoms with Crippen LogP contribution in [-0.2, 0) is 17.9 Å². The highest BCUT2D eigenvalue weighted by Gasteiger charge is 2.17. The van der Waals surface area contributed by atoms with Gasteiger partial charge in [0.1, 0.15) is 5.75 Å². The van der Waals surface area contributed by atoms with Crippen molar-refractivity contribution in [1.29, 1.82) is 0 Å². The zero-order valence-electron chi connectivity index (χ0n) is 17.0. The van der Waals surface area contributed by atoms with Crippen molar-refractivity contribution in [2.24, 2.45) is 0 Å². The minimum Gasteiger partial charge on any atom is -0.496 e. The third-order valence-corrected chi connectivity index (χ3v) is 5.32. The number of ether oxygens (including phenoxy) is 1. The van der Waals surface area contributed by atoms with Gasteiger partial charge in [0.2, 0.25) is 5.91 Å². The molecule has 0 saturated carbocycles. The number of methoxy groups -OCH3 is 1. The summed E-state index contributed by atoms with van der Waals surface area (Å²) in [6.07, 6.45) is 0. The molecule has 4 rings (SSSR count). The van der Waals surface area contributed by atoms with Crippen LogP contribution in [0.1, 0.15) is 29.2 Å². The van der Waals surface area contributed by atoms with Crippen LogP contribution in [0.25, 0.3) is 16.6 Å².